The van der Waals surface area contributed by atoms with Crippen LogP contribution >= 0.6 is 0 Å². The molecule has 0 bridgehead atoms. The zero-order chi connectivity index (χ0) is 27.6. The lowest BCUT2D eigenvalue weighted by Crippen LogP contribution is -2.38. The van der Waals surface area contributed by atoms with E-state index in [0.717, 1.165) is 39.6 Å². The molecular formula is C34H37N3Si2. The normalized spacial score (nSPS) is 11.8. The molecule has 0 aliphatic carbocycles. The predicted molar refractivity (Wildman–Crippen MR) is 174 cm³/mol. The highest BCUT2D eigenvalue weighted by atomic mass is 28.3. The smallest absolute Gasteiger partial charge is 0.0777 e. The van der Waals surface area contributed by atoms with Crippen molar-refractivity contribution in [2.45, 2.75) is 39.3 Å². The molecule has 0 unspecified atom stereocenters. The molecule has 5 aromatic rings. The fourth-order valence-electron chi connectivity index (χ4n) is 4.73. The second-order valence-electron chi connectivity index (χ2n) is 12.1. The van der Waals surface area contributed by atoms with E-state index in [9.17, 15) is 0 Å². The molecule has 0 N–H and O–H groups in total. The van der Waals surface area contributed by atoms with Gasteiger partial charge in [0.15, 0.2) is 0 Å². The van der Waals surface area contributed by atoms with Gasteiger partial charge in [0.1, 0.15) is 0 Å². The molecule has 0 fully saturated rings. The fourth-order valence-corrected chi connectivity index (χ4v) is 7.07. The molecule has 5 heteroatoms. The molecule has 3 nitrogen and oxygen atoms in total. The number of hydrogen-bond donors (Lipinski definition) is 0. The summed E-state index contributed by atoms with van der Waals surface area (Å²) in [7, 11) is -3.28. The van der Waals surface area contributed by atoms with Gasteiger partial charge in [-0.1, -0.05) is 92.1 Å². The summed E-state index contributed by atoms with van der Waals surface area (Å²) in [6.45, 7) is 14.5. The van der Waals surface area contributed by atoms with Gasteiger partial charge in [-0.3, -0.25) is 9.97 Å². The highest BCUT2D eigenvalue weighted by Gasteiger charge is 2.24. The van der Waals surface area contributed by atoms with E-state index in [2.05, 4.69) is 135 Å². The number of anilines is 3. The molecule has 0 saturated carbocycles. The molecule has 39 heavy (non-hydrogen) atoms. The number of nitrogens with zero attached hydrogens (tertiary/aromatic N) is 3. The zero-order valence-electron chi connectivity index (χ0n) is 23.8. The van der Waals surface area contributed by atoms with Crippen molar-refractivity contribution in [2.75, 3.05) is 4.90 Å². The van der Waals surface area contributed by atoms with Gasteiger partial charge in [0.25, 0.3) is 0 Å². The second-order valence-corrected chi connectivity index (χ2v) is 22.3. The maximum Gasteiger partial charge on any atom is 0.0777 e. The molecule has 0 aliphatic heterocycles. The molecule has 5 rings (SSSR count). The number of benzene rings is 3. The first kappa shape index (κ1) is 26.8. The summed E-state index contributed by atoms with van der Waals surface area (Å²) in [5.41, 5.74) is 7.74. The Balaban J connectivity index is 1.80. The van der Waals surface area contributed by atoms with Crippen LogP contribution in [0.1, 0.15) is 0 Å². The molecule has 0 aliphatic rings. The number of hydrogen-bond acceptors (Lipinski definition) is 3. The van der Waals surface area contributed by atoms with Gasteiger partial charge in [-0.05, 0) is 60.7 Å². The van der Waals surface area contributed by atoms with Crippen molar-refractivity contribution in [1.29, 1.82) is 0 Å². The summed E-state index contributed by atoms with van der Waals surface area (Å²) in [5, 5.41) is 2.82. The molecule has 2 heterocycles. The number of para-hydroxylation sites is 1. The second kappa shape index (κ2) is 10.8. The summed E-state index contributed by atoms with van der Waals surface area (Å²) >= 11 is 0. The SMILES string of the molecule is C[Si](C)(C)c1cc(-c2ccccn2)cc(N(c2ccccc2)c2cc(-c3ccccn3)cc([Si](C)(C)C)c2)c1. The Labute approximate surface area is 235 Å². The predicted octanol–water partition coefficient (Wildman–Crippen LogP) is 8.37. The topological polar surface area (TPSA) is 29.0 Å². The number of aromatic nitrogens is 2. The van der Waals surface area contributed by atoms with Gasteiger partial charge in [0.05, 0.1) is 27.5 Å². The lowest BCUT2D eigenvalue weighted by Gasteiger charge is -2.30. The molecule has 2 aromatic heterocycles. The lowest BCUT2D eigenvalue weighted by atomic mass is 10.1. The van der Waals surface area contributed by atoms with Crippen LogP contribution in [0.2, 0.25) is 39.3 Å². The van der Waals surface area contributed by atoms with Gasteiger partial charge >= 0.3 is 0 Å². The number of pyridine rings is 2. The van der Waals surface area contributed by atoms with E-state index >= 15 is 0 Å². The van der Waals surface area contributed by atoms with E-state index in [0.29, 0.717) is 0 Å². The Bertz CT molecular complexity index is 1450. The summed E-state index contributed by atoms with van der Waals surface area (Å²) < 4.78 is 0. The average molecular weight is 544 g/mol. The first-order valence-electron chi connectivity index (χ1n) is 13.6. The van der Waals surface area contributed by atoms with Crippen molar-refractivity contribution in [1.82, 2.24) is 9.97 Å². The van der Waals surface area contributed by atoms with Crippen molar-refractivity contribution in [3.63, 3.8) is 0 Å². The molecule has 0 amide bonds. The van der Waals surface area contributed by atoms with E-state index in [1.165, 1.54) is 10.4 Å². The maximum absolute atomic E-state index is 4.71. The summed E-state index contributed by atoms with van der Waals surface area (Å²) in [5.74, 6) is 0. The van der Waals surface area contributed by atoms with Gasteiger partial charge in [-0.2, -0.15) is 0 Å². The molecule has 0 saturated heterocycles. The Hall–Kier alpha value is -3.81. The Kier molecular flexibility index (Phi) is 7.39. The van der Waals surface area contributed by atoms with Crippen LogP contribution in [0.5, 0.6) is 0 Å². The minimum Gasteiger partial charge on any atom is -0.310 e. The Morgan fingerprint density at radius 3 is 1.28 bits per heavy atom. The first-order valence-corrected chi connectivity index (χ1v) is 20.6. The molecule has 3 aromatic carbocycles. The van der Waals surface area contributed by atoms with Gasteiger partial charge < -0.3 is 4.90 Å². The minimum absolute atomic E-state index is 0.997. The minimum atomic E-state index is -1.64. The molecule has 0 atom stereocenters. The highest BCUT2D eigenvalue weighted by Crippen LogP contribution is 2.37. The summed E-state index contributed by atoms with van der Waals surface area (Å²) in [6, 6.07) is 37.1. The van der Waals surface area contributed by atoms with Gasteiger partial charge in [0.2, 0.25) is 0 Å². The van der Waals surface area contributed by atoms with Crippen molar-refractivity contribution < 1.29 is 0 Å². The third-order valence-corrected chi connectivity index (χ3v) is 11.1. The molecular weight excluding hydrogens is 507 g/mol. The maximum atomic E-state index is 4.71. The fraction of sp³-hybridized carbons (Fsp3) is 0.176. The van der Waals surface area contributed by atoms with Crippen LogP contribution in [0, 0.1) is 0 Å². The molecule has 196 valence electrons. The van der Waals surface area contributed by atoms with Crippen molar-refractivity contribution in [3.8, 4) is 22.5 Å². The van der Waals surface area contributed by atoms with E-state index in [1.54, 1.807) is 0 Å². The third kappa shape index (κ3) is 6.10. The van der Waals surface area contributed by atoms with E-state index in [1.807, 2.05) is 24.5 Å². The largest absolute Gasteiger partial charge is 0.310 e. The van der Waals surface area contributed by atoms with E-state index in [-0.39, 0.29) is 0 Å². The van der Waals surface area contributed by atoms with Gasteiger partial charge in [-0.25, -0.2) is 0 Å². The highest BCUT2D eigenvalue weighted by molar-refractivity contribution is 6.89. The Morgan fingerprint density at radius 2 is 0.897 bits per heavy atom. The van der Waals surface area contributed by atoms with Crippen LogP contribution < -0.4 is 15.3 Å². The van der Waals surface area contributed by atoms with Gasteiger partial charge in [-0.15, -0.1) is 0 Å². The summed E-state index contributed by atoms with van der Waals surface area (Å²) in [4.78, 5) is 11.8. The van der Waals surface area contributed by atoms with Crippen molar-refractivity contribution in [3.05, 3.63) is 116 Å². The van der Waals surface area contributed by atoms with Crippen LogP contribution in [0.3, 0.4) is 0 Å². The van der Waals surface area contributed by atoms with Crippen LogP contribution in [-0.2, 0) is 0 Å². The van der Waals surface area contributed by atoms with Crippen molar-refractivity contribution in [2.24, 2.45) is 0 Å². The van der Waals surface area contributed by atoms with Crippen LogP contribution in [-0.4, -0.2) is 26.1 Å². The summed E-state index contributed by atoms with van der Waals surface area (Å²) in [6.07, 6.45) is 3.75. The Morgan fingerprint density at radius 1 is 0.462 bits per heavy atom. The van der Waals surface area contributed by atoms with Crippen LogP contribution in [0.4, 0.5) is 17.1 Å². The van der Waals surface area contributed by atoms with E-state index in [4.69, 9.17) is 9.97 Å². The standard InChI is InChI=1S/C34H37N3Si2/c1-38(2,3)31-22-26(33-16-10-12-18-35-33)20-29(24-31)37(28-14-8-7-9-15-28)30-21-27(34-17-11-13-19-36-34)23-32(25-30)39(4,5)6/h7-25H,1-6H3. The van der Waals surface area contributed by atoms with Gasteiger partial charge in [0, 0.05) is 40.6 Å². The molecule has 0 radical (unpaired) electrons. The van der Waals surface area contributed by atoms with Crippen LogP contribution in [0.25, 0.3) is 22.5 Å². The molecule has 0 spiro atoms. The monoisotopic (exact) mass is 543 g/mol. The first-order chi connectivity index (χ1) is 18.6. The quantitative estimate of drug-likeness (QED) is 0.193. The third-order valence-electron chi connectivity index (χ3n) is 7.02. The average Bonchev–Trinajstić information content (AvgIpc) is 2.93. The van der Waals surface area contributed by atoms with Crippen molar-refractivity contribution >= 4 is 43.6 Å². The van der Waals surface area contributed by atoms with E-state index < -0.39 is 16.1 Å². The number of rotatable bonds is 7. The zero-order valence-corrected chi connectivity index (χ0v) is 25.8. The van der Waals surface area contributed by atoms with Crippen LogP contribution in [0.15, 0.2) is 116 Å². The lowest BCUT2D eigenvalue weighted by molar-refractivity contribution is 1.27.